The first-order valence-corrected chi connectivity index (χ1v) is 11.8. The molecule has 0 spiro atoms. The summed E-state index contributed by atoms with van der Waals surface area (Å²) < 4.78 is 26.9. The maximum absolute atomic E-state index is 13.0. The van der Waals surface area contributed by atoms with E-state index in [9.17, 15) is 18.0 Å². The Bertz CT molecular complexity index is 1300. The van der Waals surface area contributed by atoms with Gasteiger partial charge in [0.05, 0.1) is 11.4 Å². The molecule has 0 atom stereocenters. The van der Waals surface area contributed by atoms with E-state index < -0.39 is 10.0 Å². The molecule has 2 aromatic carbocycles. The van der Waals surface area contributed by atoms with Gasteiger partial charge in [0.25, 0.3) is 0 Å². The van der Waals surface area contributed by atoms with Gasteiger partial charge in [-0.25, -0.2) is 8.42 Å². The van der Waals surface area contributed by atoms with Crippen LogP contribution in [-0.4, -0.2) is 54.6 Å². The Kier molecular flexibility index (Phi) is 5.79. The minimum absolute atomic E-state index is 0.0648. The van der Waals surface area contributed by atoms with E-state index in [2.05, 4.69) is 22.4 Å². The first-order valence-electron chi connectivity index (χ1n) is 10.4. The molecular formula is C23H26N4O4S. The number of aromatic nitrogens is 1. The van der Waals surface area contributed by atoms with Gasteiger partial charge in [-0.3, -0.25) is 9.59 Å². The van der Waals surface area contributed by atoms with E-state index >= 15 is 0 Å². The summed E-state index contributed by atoms with van der Waals surface area (Å²) in [7, 11) is -2.44. The van der Waals surface area contributed by atoms with Crippen molar-refractivity contribution in [2.75, 3.05) is 25.5 Å². The fourth-order valence-electron chi connectivity index (χ4n) is 4.01. The molecule has 0 fully saturated rings. The quantitative estimate of drug-likeness (QED) is 0.619. The van der Waals surface area contributed by atoms with Crippen LogP contribution >= 0.6 is 0 Å². The molecular weight excluding hydrogens is 428 g/mol. The summed E-state index contributed by atoms with van der Waals surface area (Å²) in [5.74, 6) is -0.475. The van der Waals surface area contributed by atoms with Crippen molar-refractivity contribution in [1.82, 2.24) is 14.2 Å². The van der Waals surface area contributed by atoms with Gasteiger partial charge in [-0.2, -0.15) is 4.31 Å². The number of rotatable bonds is 5. The highest BCUT2D eigenvalue weighted by Crippen LogP contribution is 2.28. The number of fused-ring (bicyclic) bond motifs is 3. The fourth-order valence-corrected chi connectivity index (χ4v) is 5.13. The number of anilines is 1. The summed E-state index contributed by atoms with van der Waals surface area (Å²) in [6.07, 6.45) is 0.704. The fraction of sp³-hybridized carbons (Fsp3) is 0.304. The average Bonchev–Trinajstić information content (AvgIpc) is 3.10. The van der Waals surface area contributed by atoms with Crippen LogP contribution in [0.4, 0.5) is 5.69 Å². The number of amides is 2. The van der Waals surface area contributed by atoms with Gasteiger partial charge in [-0.15, -0.1) is 0 Å². The van der Waals surface area contributed by atoms with Gasteiger partial charge in [0, 0.05) is 61.3 Å². The maximum atomic E-state index is 13.0. The minimum atomic E-state index is -3.84. The van der Waals surface area contributed by atoms with Crippen LogP contribution in [0.2, 0.25) is 0 Å². The number of aryl methyl sites for hydroxylation is 1. The number of sulfonamides is 1. The van der Waals surface area contributed by atoms with E-state index in [-0.39, 0.29) is 23.3 Å². The summed E-state index contributed by atoms with van der Waals surface area (Å²) in [6, 6.07) is 12.1. The summed E-state index contributed by atoms with van der Waals surface area (Å²) in [4.78, 5) is 29.3. The molecule has 0 saturated heterocycles. The number of carbonyl (C=O) groups excluding carboxylic acids is 2. The molecule has 0 bridgehead atoms. The molecule has 2 amide bonds. The van der Waals surface area contributed by atoms with E-state index in [0.29, 0.717) is 25.2 Å². The van der Waals surface area contributed by atoms with Crippen molar-refractivity contribution in [3.05, 3.63) is 59.3 Å². The molecule has 3 aromatic rings. The minimum Gasteiger partial charge on any atom is -0.358 e. The molecule has 168 valence electrons. The number of carbonyl (C=O) groups is 2. The standard InChI is InChI=1S/C23H26N4O4S/c1-15-4-9-21-19(12-15)20-13-27(11-10-22(20)25-21)23(29)14-26(3)32(30,31)18-7-5-17(6-8-18)24-16(2)28/h4-9,12,25H,10-11,13-14H2,1-3H3,(H,24,28). The predicted molar refractivity (Wildman–Crippen MR) is 123 cm³/mol. The van der Waals surface area contributed by atoms with Crippen LogP contribution in [0.25, 0.3) is 10.9 Å². The van der Waals surface area contributed by atoms with Gasteiger partial charge < -0.3 is 15.2 Å². The maximum Gasteiger partial charge on any atom is 0.243 e. The highest BCUT2D eigenvalue weighted by molar-refractivity contribution is 7.89. The van der Waals surface area contributed by atoms with Crippen LogP contribution in [0.15, 0.2) is 47.4 Å². The predicted octanol–water partition coefficient (Wildman–Crippen LogP) is 2.64. The zero-order valence-electron chi connectivity index (χ0n) is 18.3. The van der Waals surface area contributed by atoms with Crippen LogP contribution in [0.5, 0.6) is 0 Å². The molecule has 0 radical (unpaired) electrons. The summed E-state index contributed by atoms with van der Waals surface area (Å²) in [5.41, 5.74) is 4.95. The third-order valence-electron chi connectivity index (χ3n) is 5.72. The number of nitrogens with zero attached hydrogens (tertiary/aromatic N) is 2. The van der Waals surface area contributed by atoms with Gasteiger partial charge in [-0.05, 0) is 43.3 Å². The van der Waals surface area contributed by atoms with Gasteiger partial charge >= 0.3 is 0 Å². The Morgan fingerprint density at radius 3 is 2.56 bits per heavy atom. The molecule has 1 aliphatic rings. The van der Waals surface area contributed by atoms with Gasteiger partial charge in [0.15, 0.2) is 0 Å². The monoisotopic (exact) mass is 454 g/mol. The highest BCUT2D eigenvalue weighted by atomic mass is 32.2. The number of likely N-dealkylation sites (N-methyl/N-ethyl adjacent to an activating group) is 1. The first kappa shape index (κ1) is 22.0. The molecule has 2 heterocycles. The zero-order chi connectivity index (χ0) is 23.0. The number of hydrogen-bond donors (Lipinski definition) is 2. The van der Waals surface area contributed by atoms with Crippen LogP contribution in [0, 0.1) is 6.92 Å². The second-order valence-electron chi connectivity index (χ2n) is 8.16. The van der Waals surface area contributed by atoms with Crippen molar-refractivity contribution in [3.63, 3.8) is 0 Å². The number of hydrogen-bond acceptors (Lipinski definition) is 4. The molecule has 1 aliphatic heterocycles. The Balaban J connectivity index is 1.47. The Morgan fingerprint density at radius 2 is 1.88 bits per heavy atom. The zero-order valence-corrected chi connectivity index (χ0v) is 19.1. The molecule has 32 heavy (non-hydrogen) atoms. The average molecular weight is 455 g/mol. The van der Waals surface area contributed by atoms with Gasteiger partial charge in [0.2, 0.25) is 21.8 Å². The second-order valence-corrected chi connectivity index (χ2v) is 10.2. The van der Waals surface area contributed by atoms with E-state index in [1.807, 2.05) is 13.0 Å². The van der Waals surface area contributed by atoms with E-state index in [1.165, 1.54) is 38.2 Å². The van der Waals surface area contributed by atoms with Crippen molar-refractivity contribution < 1.29 is 18.0 Å². The van der Waals surface area contributed by atoms with Gasteiger partial charge in [-0.1, -0.05) is 11.6 Å². The van der Waals surface area contributed by atoms with E-state index in [4.69, 9.17) is 0 Å². The van der Waals surface area contributed by atoms with Crippen LogP contribution < -0.4 is 5.32 Å². The van der Waals surface area contributed by atoms with Crippen molar-refractivity contribution in [2.45, 2.75) is 31.7 Å². The molecule has 8 nitrogen and oxygen atoms in total. The SMILES string of the molecule is CC(=O)Nc1ccc(S(=O)(=O)N(C)CC(=O)N2CCc3[nH]c4ccc(C)cc4c3C2)cc1. The number of benzene rings is 2. The van der Waals surface area contributed by atoms with Crippen LogP contribution in [-0.2, 0) is 32.6 Å². The molecule has 1 aromatic heterocycles. The van der Waals surface area contributed by atoms with Crippen molar-refractivity contribution in [2.24, 2.45) is 0 Å². The summed E-state index contributed by atoms with van der Waals surface area (Å²) >= 11 is 0. The van der Waals surface area contributed by atoms with Gasteiger partial charge in [0.1, 0.15) is 0 Å². The third kappa shape index (κ3) is 4.26. The molecule has 0 unspecified atom stereocenters. The smallest absolute Gasteiger partial charge is 0.243 e. The summed E-state index contributed by atoms with van der Waals surface area (Å²) in [6.45, 7) is 4.17. The third-order valence-corrected chi connectivity index (χ3v) is 7.54. The lowest BCUT2D eigenvalue weighted by Gasteiger charge is -2.29. The Morgan fingerprint density at radius 1 is 1.16 bits per heavy atom. The molecule has 9 heteroatoms. The molecule has 4 rings (SSSR count). The van der Waals surface area contributed by atoms with Crippen molar-refractivity contribution >= 4 is 38.4 Å². The largest absolute Gasteiger partial charge is 0.358 e. The molecule has 0 aliphatic carbocycles. The van der Waals surface area contributed by atoms with E-state index in [0.717, 1.165) is 32.0 Å². The summed E-state index contributed by atoms with van der Waals surface area (Å²) in [5, 5.41) is 3.71. The molecule has 2 N–H and O–H groups in total. The lowest BCUT2D eigenvalue weighted by Crippen LogP contribution is -2.43. The Hall–Kier alpha value is -3.17. The number of aromatic amines is 1. The topological polar surface area (TPSA) is 103 Å². The lowest BCUT2D eigenvalue weighted by atomic mass is 10.0. The van der Waals surface area contributed by atoms with Crippen LogP contribution in [0.1, 0.15) is 23.7 Å². The Labute approximate surface area is 187 Å². The number of H-pyrrole nitrogens is 1. The van der Waals surface area contributed by atoms with Crippen molar-refractivity contribution in [3.8, 4) is 0 Å². The lowest BCUT2D eigenvalue weighted by molar-refractivity contribution is -0.132. The van der Waals surface area contributed by atoms with Crippen molar-refractivity contribution in [1.29, 1.82) is 0 Å². The molecule has 0 saturated carbocycles. The first-order chi connectivity index (χ1) is 15.1. The van der Waals surface area contributed by atoms with E-state index in [1.54, 1.807) is 4.90 Å². The van der Waals surface area contributed by atoms with Crippen LogP contribution in [0.3, 0.4) is 0 Å². The number of nitrogens with one attached hydrogen (secondary N) is 2. The highest BCUT2D eigenvalue weighted by Gasteiger charge is 2.28. The second kappa shape index (κ2) is 8.40. The normalized spacial score (nSPS) is 13.9.